The van der Waals surface area contributed by atoms with Crippen LogP contribution in [0.15, 0.2) is 36.4 Å². The molecule has 0 bridgehead atoms. The smallest absolute Gasteiger partial charge is 0.394 e. The third-order valence-electron chi connectivity index (χ3n) is 4.07. The van der Waals surface area contributed by atoms with Gasteiger partial charge in [0, 0.05) is 37.6 Å². The molecule has 0 unspecified atom stereocenters. The first kappa shape index (κ1) is 20.4. The van der Waals surface area contributed by atoms with Crippen molar-refractivity contribution >= 4 is 44.5 Å². The summed E-state index contributed by atoms with van der Waals surface area (Å²) in [5, 5.41) is 0. The van der Waals surface area contributed by atoms with Crippen LogP contribution in [0.1, 0.15) is 0 Å². The molecule has 1 saturated heterocycles. The number of rotatable bonds is 2. The van der Waals surface area contributed by atoms with Crippen molar-refractivity contribution in [2.75, 3.05) is 58.9 Å². The summed E-state index contributed by atoms with van der Waals surface area (Å²) in [6.07, 6.45) is 0. The highest BCUT2D eigenvalue weighted by Crippen LogP contribution is 2.30. The lowest BCUT2D eigenvalue weighted by Gasteiger charge is -2.38. The summed E-state index contributed by atoms with van der Waals surface area (Å²) in [5.74, 6) is 0. The minimum atomic E-state index is -4.67. The number of anilines is 6. The van der Waals surface area contributed by atoms with E-state index in [4.69, 9.17) is 40.5 Å². The van der Waals surface area contributed by atoms with Crippen molar-refractivity contribution in [3.05, 3.63) is 36.4 Å². The van der Waals surface area contributed by atoms with Crippen LogP contribution in [0.2, 0.25) is 0 Å². The van der Waals surface area contributed by atoms with Crippen molar-refractivity contribution in [3.63, 3.8) is 0 Å². The van der Waals surface area contributed by atoms with Gasteiger partial charge >= 0.3 is 10.4 Å². The maximum absolute atomic E-state index is 8.74. The summed E-state index contributed by atoms with van der Waals surface area (Å²) < 4.78 is 31.6. The molecule has 2 aromatic carbocycles. The minimum absolute atomic E-state index is 0.728. The van der Waals surface area contributed by atoms with Crippen molar-refractivity contribution in [2.24, 2.45) is 0 Å². The van der Waals surface area contributed by atoms with E-state index in [0.29, 0.717) is 0 Å². The Bertz CT molecular complexity index is 830. The predicted octanol–water partition coefficient (Wildman–Crippen LogP) is 0.689. The largest absolute Gasteiger partial charge is 0.399 e. The summed E-state index contributed by atoms with van der Waals surface area (Å²) in [6, 6.07) is 11.2. The average Bonchev–Trinajstić information content (AvgIpc) is 2.58. The Morgan fingerprint density at radius 1 is 0.704 bits per heavy atom. The van der Waals surface area contributed by atoms with Crippen LogP contribution in [-0.4, -0.2) is 43.7 Å². The number of hydrogen-bond acceptors (Lipinski definition) is 8. The van der Waals surface area contributed by atoms with Crippen LogP contribution in [0.25, 0.3) is 0 Å². The number of piperazine rings is 1. The van der Waals surface area contributed by atoms with Gasteiger partial charge in [0.1, 0.15) is 0 Å². The number of hydrogen-bond donors (Lipinski definition) is 6. The van der Waals surface area contributed by atoms with E-state index >= 15 is 0 Å². The van der Waals surface area contributed by atoms with E-state index < -0.39 is 10.4 Å². The third kappa shape index (κ3) is 6.09. The molecule has 3 rings (SSSR count). The Morgan fingerprint density at radius 3 is 1.30 bits per heavy atom. The number of benzene rings is 2. The summed E-state index contributed by atoms with van der Waals surface area (Å²) >= 11 is 0. The molecule has 0 saturated carbocycles. The molecular formula is C16H24N6O4S. The van der Waals surface area contributed by atoms with E-state index in [2.05, 4.69) is 9.80 Å². The Kier molecular flexibility index (Phi) is 6.20. The number of nitrogens with two attached hydrogens (primary N) is 4. The Labute approximate surface area is 157 Å². The quantitative estimate of drug-likeness (QED) is 0.311. The van der Waals surface area contributed by atoms with Gasteiger partial charge in [-0.3, -0.25) is 9.11 Å². The van der Waals surface area contributed by atoms with Crippen LogP contribution in [0.4, 0.5) is 34.1 Å². The number of nitrogens with zero attached hydrogens (tertiary/aromatic N) is 2. The van der Waals surface area contributed by atoms with E-state index in [1.54, 1.807) is 0 Å². The first-order chi connectivity index (χ1) is 12.5. The molecule has 1 heterocycles. The average molecular weight is 396 g/mol. The SMILES string of the molecule is Nc1ccc(N)c(N2CCN(c3cc(N)ccc3N)CC2)c1.O=S(=O)(O)O. The summed E-state index contributed by atoms with van der Waals surface area (Å²) in [7, 11) is -4.67. The van der Waals surface area contributed by atoms with Crippen molar-refractivity contribution < 1.29 is 17.5 Å². The lowest BCUT2D eigenvalue weighted by molar-refractivity contribution is 0.381. The van der Waals surface area contributed by atoms with E-state index in [0.717, 1.165) is 60.3 Å². The highest BCUT2D eigenvalue weighted by Gasteiger charge is 2.20. The minimum Gasteiger partial charge on any atom is -0.399 e. The van der Waals surface area contributed by atoms with Gasteiger partial charge in [-0.1, -0.05) is 0 Å². The van der Waals surface area contributed by atoms with Gasteiger partial charge in [0.15, 0.2) is 0 Å². The zero-order valence-corrected chi connectivity index (χ0v) is 15.4. The monoisotopic (exact) mass is 396 g/mol. The van der Waals surface area contributed by atoms with Crippen LogP contribution < -0.4 is 32.7 Å². The van der Waals surface area contributed by atoms with Gasteiger partial charge < -0.3 is 32.7 Å². The molecular weight excluding hydrogens is 372 g/mol. The molecule has 10 N–H and O–H groups in total. The van der Waals surface area contributed by atoms with Crippen molar-refractivity contribution in [3.8, 4) is 0 Å². The summed E-state index contributed by atoms with van der Waals surface area (Å²) in [5.41, 5.74) is 28.8. The molecule has 0 atom stereocenters. The molecule has 2 aromatic rings. The fourth-order valence-electron chi connectivity index (χ4n) is 2.86. The first-order valence-electron chi connectivity index (χ1n) is 8.04. The van der Waals surface area contributed by atoms with Gasteiger partial charge in [-0.05, 0) is 36.4 Å². The second-order valence-electron chi connectivity index (χ2n) is 6.06. The molecule has 1 aliphatic heterocycles. The highest BCUT2D eigenvalue weighted by atomic mass is 32.3. The van der Waals surface area contributed by atoms with Crippen LogP contribution in [0.3, 0.4) is 0 Å². The normalized spacial score (nSPS) is 14.4. The van der Waals surface area contributed by atoms with Gasteiger partial charge in [-0.25, -0.2) is 0 Å². The second-order valence-corrected chi connectivity index (χ2v) is 6.95. The van der Waals surface area contributed by atoms with Gasteiger partial charge in [-0.2, -0.15) is 8.42 Å². The molecule has 11 heteroatoms. The van der Waals surface area contributed by atoms with Crippen LogP contribution in [-0.2, 0) is 10.4 Å². The third-order valence-corrected chi connectivity index (χ3v) is 4.07. The van der Waals surface area contributed by atoms with Crippen molar-refractivity contribution in [2.45, 2.75) is 0 Å². The topological polar surface area (TPSA) is 185 Å². The first-order valence-corrected chi connectivity index (χ1v) is 9.44. The zero-order valence-electron chi connectivity index (χ0n) is 14.6. The second kappa shape index (κ2) is 8.20. The fraction of sp³-hybridized carbons (Fsp3) is 0.250. The van der Waals surface area contributed by atoms with Crippen molar-refractivity contribution in [1.29, 1.82) is 0 Å². The van der Waals surface area contributed by atoms with Crippen LogP contribution in [0.5, 0.6) is 0 Å². The fourth-order valence-corrected chi connectivity index (χ4v) is 2.86. The van der Waals surface area contributed by atoms with E-state index in [-0.39, 0.29) is 0 Å². The van der Waals surface area contributed by atoms with E-state index in [1.165, 1.54) is 0 Å². The van der Waals surface area contributed by atoms with Crippen LogP contribution >= 0.6 is 0 Å². The van der Waals surface area contributed by atoms with Gasteiger partial charge in [-0.15, -0.1) is 0 Å². The highest BCUT2D eigenvalue weighted by molar-refractivity contribution is 7.79. The lowest BCUT2D eigenvalue weighted by atomic mass is 10.1. The molecule has 0 radical (unpaired) electrons. The van der Waals surface area contributed by atoms with Gasteiger partial charge in [0.05, 0.1) is 22.7 Å². The zero-order chi connectivity index (χ0) is 20.2. The molecule has 0 amide bonds. The summed E-state index contributed by atoms with van der Waals surface area (Å²) in [6.45, 7) is 3.45. The van der Waals surface area contributed by atoms with E-state index in [9.17, 15) is 0 Å². The van der Waals surface area contributed by atoms with Crippen molar-refractivity contribution in [1.82, 2.24) is 0 Å². The van der Waals surface area contributed by atoms with Crippen LogP contribution in [0, 0.1) is 0 Å². The van der Waals surface area contributed by atoms with Gasteiger partial charge in [0.2, 0.25) is 0 Å². The molecule has 1 aliphatic rings. The van der Waals surface area contributed by atoms with Gasteiger partial charge in [0.25, 0.3) is 0 Å². The molecule has 27 heavy (non-hydrogen) atoms. The molecule has 148 valence electrons. The molecule has 1 fully saturated rings. The lowest BCUT2D eigenvalue weighted by Crippen LogP contribution is -2.47. The standard InChI is InChI=1S/C16H22N6.H2O4S/c17-11-1-3-13(19)15(9-11)21-5-7-22(8-6-21)16-10-12(18)2-4-14(16)20;1-5(2,3)4/h1-4,9-10H,5-8,17-20H2;(H2,1,2,3,4). The molecule has 0 spiro atoms. The Balaban J connectivity index is 0.000000465. The molecule has 0 aromatic heterocycles. The molecule has 10 nitrogen and oxygen atoms in total. The summed E-state index contributed by atoms with van der Waals surface area (Å²) in [4.78, 5) is 4.51. The molecule has 0 aliphatic carbocycles. The maximum atomic E-state index is 8.74. The van der Waals surface area contributed by atoms with E-state index in [1.807, 2.05) is 36.4 Å². The Hall–Kier alpha value is -2.89. The Morgan fingerprint density at radius 2 is 1.00 bits per heavy atom. The maximum Gasteiger partial charge on any atom is 0.394 e. The predicted molar refractivity (Wildman–Crippen MR) is 109 cm³/mol. The number of nitrogen functional groups attached to an aromatic ring is 4.